The molecule has 5 nitrogen and oxygen atoms in total. The molecule has 1 aliphatic rings. The van der Waals surface area contributed by atoms with Crippen LogP contribution in [0.15, 0.2) is 12.1 Å². The summed E-state index contributed by atoms with van der Waals surface area (Å²) in [5, 5.41) is 22.7. The molecule has 0 spiro atoms. The first-order valence-electron chi connectivity index (χ1n) is 8.30. The van der Waals surface area contributed by atoms with E-state index in [1.807, 2.05) is 41.5 Å². The first-order valence-corrected chi connectivity index (χ1v) is 8.30. The number of aromatic hydroxyl groups is 1. The third-order valence-electron chi connectivity index (χ3n) is 4.55. The minimum absolute atomic E-state index is 0.160. The van der Waals surface area contributed by atoms with Crippen molar-refractivity contribution >= 4 is 5.91 Å². The van der Waals surface area contributed by atoms with Crippen molar-refractivity contribution in [3.8, 4) is 5.75 Å². The molecule has 1 aromatic rings. The number of nitrogens with zero attached hydrogens (tertiary/aromatic N) is 1. The molecule has 1 aromatic carbocycles. The molecule has 1 saturated heterocycles. The van der Waals surface area contributed by atoms with Crippen molar-refractivity contribution in [2.45, 2.75) is 58.5 Å². The second-order valence-electron chi connectivity index (χ2n) is 8.65. The van der Waals surface area contributed by atoms with Gasteiger partial charge in [-0.25, -0.2) is 5.06 Å². The predicted molar refractivity (Wildman–Crippen MR) is 92.7 cm³/mol. The number of aliphatic hydroxyl groups excluding tert-OH is 1. The van der Waals surface area contributed by atoms with E-state index < -0.39 is 12.0 Å². The maximum Gasteiger partial charge on any atom is 0.254 e. The summed E-state index contributed by atoms with van der Waals surface area (Å²) in [6.07, 6.45) is -0.967. The average Bonchev–Trinajstić information content (AvgIpc) is 2.76. The van der Waals surface area contributed by atoms with Gasteiger partial charge in [0.25, 0.3) is 5.91 Å². The third-order valence-corrected chi connectivity index (χ3v) is 4.55. The van der Waals surface area contributed by atoms with E-state index >= 15 is 0 Å². The molecular formula is C19H29NO4. The van der Waals surface area contributed by atoms with Crippen molar-refractivity contribution < 1.29 is 19.8 Å². The van der Waals surface area contributed by atoms with E-state index in [-0.39, 0.29) is 29.1 Å². The molecular weight excluding hydrogens is 306 g/mol. The summed E-state index contributed by atoms with van der Waals surface area (Å²) >= 11 is 0. The van der Waals surface area contributed by atoms with Crippen LogP contribution in [0.3, 0.4) is 0 Å². The molecule has 0 saturated carbocycles. The Bertz CT molecular complexity index is 605. The van der Waals surface area contributed by atoms with Gasteiger partial charge in [-0.3, -0.25) is 9.63 Å². The third kappa shape index (κ3) is 3.42. The van der Waals surface area contributed by atoms with Crippen molar-refractivity contribution in [2.24, 2.45) is 5.92 Å². The highest BCUT2D eigenvalue weighted by Gasteiger charge is 2.38. The first kappa shape index (κ1) is 18.7. The van der Waals surface area contributed by atoms with E-state index in [1.54, 1.807) is 19.2 Å². The number of carbonyl (C=O) groups is 1. The second kappa shape index (κ2) is 6.05. The summed E-state index contributed by atoms with van der Waals surface area (Å²) < 4.78 is 0. The number of rotatable bonds is 2. The minimum Gasteiger partial charge on any atom is -0.507 e. The van der Waals surface area contributed by atoms with Gasteiger partial charge in [-0.2, -0.15) is 0 Å². The number of hydroxylamine groups is 2. The van der Waals surface area contributed by atoms with Crippen molar-refractivity contribution in [1.82, 2.24) is 5.06 Å². The summed E-state index contributed by atoms with van der Waals surface area (Å²) in [6, 6.07) is 3.61. The standard InChI is InChI=1S/C19H29NO4/c1-18(2,3)13-8-11(9-14(16(13)22)19(4,5)6)15(21)12-10-24-20(7)17(12)23/h8-9,12,15,21-22H,10H2,1-7H3. The van der Waals surface area contributed by atoms with Crippen LogP contribution >= 0.6 is 0 Å². The monoisotopic (exact) mass is 335 g/mol. The maximum atomic E-state index is 12.1. The highest BCUT2D eigenvalue weighted by Crippen LogP contribution is 2.42. The molecule has 1 amide bonds. The first-order chi connectivity index (χ1) is 10.8. The van der Waals surface area contributed by atoms with Crippen LogP contribution in [0.2, 0.25) is 0 Å². The zero-order valence-electron chi connectivity index (χ0n) is 15.7. The van der Waals surface area contributed by atoms with Gasteiger partial charge in [-0.05, 0) is 39.7 Å². The molecule has 0 radical (unpaired) electrons. The maximum absolute atomic E-state index is 12.1. The molecule has 0 aromatic heterocycles. The Morgan fingerprint density at radius 3 is 1.92 bits per heavy atom. The Morgan fingerprint density at radius 2 is 1.58 bits per heavy atom. The van der Waals surface area contributed by atoms with Gasteiger partial charge in [0.2, 0.25) is 0 Å². The van der Waals surface area contributed by atoms with Gasteiger partial charge in [0.05, 0.1) is 18.6 Å². The molecule has 24 heavy (non-hydrogen) atoms. The fraction of sp³-hybridized carbons (Fsp3) is 0.632. The predicted octanol–water partition coefficient (Wildman–Crippen LogP) is 3.04. The van der Waals surface area contributed by atoms with Gasteiger partial charge in [-0.15, -0.1) is 0 Å². The molecule has 5 heteroatoms. The topological polar surface area (TPSA) is 70.0 Å². The Morgan fingerprint density at radius 1 is 1.12 bits per heavy atom. The van der Waals surface area contributed by atoms with Crippen LogP contribution in [0.5, 0.6) is 5.75 Å². The van der Waals surface area contributed by atoms with Crippen molar-refractivity contribution in [1.29, 1.82) is 0 Å². The molecule has 134 valence electrons. The molecule has 2 unspecified atom stereocenters. The number of phenols is 1. The van der Waals surface area contributed by atoms with Crippen molar-refractivity contribution in [3.05, 3.63) is 28.8 Å². The summed E-state index contributed by atoms with van der Waals surface area (Å²) in [5.41, 5.74) is 1.60. The van der Waals surface area contributed by atoms with E-state index in [1.165, 1.54) is 5.06 Å². The Kier molecular flexibility index (Phi) is 4.72. The van der Waals surface area contributed by atoms with Gasteiger partial charge < -0.3 is 10.2 Å². The highest BCUT2D eigenvalue weighted by atomic mass is 16.7. The highest BCUT2D eigenvalue weighted by molar-refractivity contribution is 5.80. The molecule has 2 atom stereocenters. The van der Waals surface area contributed by atoms with Crippen LogP contribution < -0.4 is 0 Å². The van der Waals surface area contributed by atoms with Gasteiger partial charge in [0, 0.05) is 7.05 Å². The summed E-state index contributed by atoms with van der Waals surface area (Å²) in [7, 11) is 1.55. The number of benzene rings is 1. The molecule has 1 fully saturated rings. The second-order valence-corrected chi connectivity index (χ2v) is 8.65. The SMILES string of the molecule is CN1OCC(C(O)c2cc(C(C)(C)C)c(O)c(C(C)(C)C)c2)C1=O. The Balaban J connectivity index is 2.56. The molecule has 1 heterocycles. The van der Waals surface area contributed by atoms with E-state index in [0.29, 0.717) is 5.56 Å². The number of aliphatic hydroxyl groups is 1. The van der Waals surface area contributed by atoms with Crippen LogP contribution in [0.1, 0.15) is 64.3 Å². The Hall–Kier alpha value is -1.59. The van der Waals surface area contributed by atoms with E-state index in [2.05, 4.69) is 0 Å². The van der Waals surface area contributed by atoms with Crippen LogP contribution in [0.25, 0.3) is 0 Å². The van der Waals surface area contributed by atoms with Crippen LogP contribution in [0.4, 0.5) is 0 Å². The van der Waals surface area contributed by atoms with Gasteiger partial charge >= 0.3 is 0 Å². The zero-order chi connectivity index (χ0) is 18.4. The number of hydrogen-bond acceptors (Lipinski definition) is 4. The van der Waals surface area contributed by atoms with Crippen LogP contribution in [-0.2, 0) is 20.5 Å². The van der Waals surface area contributed by atoms with Crippen LogP contribution in [0, 0.1) is 5.92 Å². The smallest absolute Gasteiger partial charge is 0.254 e. The lowest BCUT2D eigenvalue weighted by atomic mass is 9.77. The van der Waals surface area contributed by atoms with E-state index in [4.69, 9.17) is 4.84 Å². The van der Waals surface area contributed by atoms with Crippen molar-refractivity contribution in [2.75, 3.05) is 13.7 Å². The largest absolute Gasteiger partial charge is 0.507 e. The summed E-state index contributed by atoms with van der Waals surface area (Å²) in [5.74, 6) is -0.595. The number of hydrogen-bond donors (Lipinski definition) is 2. The fourth-order valence-electron chi connectivity index (χ4n) is 2.99. The van der Waals surface area contributed by atoms with Crippen LogP contribution in [-0.4, -0.2) is 34.8 Å². The van der Waals surface area contributed by atoms with Gasteiger partial charge in [-0.1, -0.05) is 41.5 Å². The minimum atomic E-state index is -0.967. The Labute approximate surface area is 144 Å². The molecule has 0 aliphatic carbocycles. The molecule has 2 rings (SSSR count). The number of carbonyl (C=O) groups excluding carboxylic acids is 1. The lowest BCUT2D eigenvalue weighted by molar-refractivity contribution is -0.155. The lowest BCUT2D eigenvalue weighted by Crippen LogP contribution is -2.27. The van der Waals surface area contributed by atoms with E-state index in [9.17, 15) is 15.0 Å². The van der Waals surface area contributed by atoms with Gasteiger partial charge in [0.15, 0.2) is 0 Å². The number of amides is 1. The zero-order valence-corrected chi connectivity index (χ0v) is 15.7. The summed E-state index contributed by atoms with van der Waals surface area (Å²) in [6.45, 7) is 12.3. The molecule has 0 bridgehead atoms. The quantitative estimate of drug-likeness (QED) is 0.871. The van der Waals surface area contributed by atoms with Gasteiger partial charge in [0.1, 0.15) is 5.75 Å². The summed E-state index contributed by atoms with van der Waals surface area (Å²) in [4.78, 5) is 17.4. The average molecular weight is 335 g/mol. The number of phenolic OH excluding ortho intramolecular Hbond substituents is 1. The lowest BCUT2D eigenvalue weighted by Gasteiger charge is -2.29. The van der Waals surface area contributed by atoms with E-state index in [0.717, 1.165) is 11.1 Å². The normalized spacial score (nSPS) is 20.6. The molecule has 1 aliphatic heterocycles. The van der Waals surface area contributed by atoms with Crippen molar-refractivity contribution in [3.63, 3.8) is 0 Å². The fourth-order valence-corrected chi connectivity index (χ4v) is 2.99. The molecule has 2 N–H and O–H groups in total.